The molecule has 2 aromatic heterocycles. The van der Waals surface area contributed by atoms with Crippen LogP contribution < -0.4 is 5.73 Å². The zero-order chi connectivity index (χ0) is 34.6. The summed E-state index contributed by atoms with van der Waals surface area (Å²) in [6.45, 7) is 19.2. The molecule has 3 aromatic rings. The van der Waals surface area contributed by atoms with Gasteiger partial charge in [0.1, 0.15) is 36.0 Å². The van der Waals surface area contributed by atoms with Crippen molar-refractivity contribution in [2.75, 3.05) is 18.9 Å². The molecule has 6 atom stereocenters. The second-order valence-electron chi connectivity index (χ2n) is 15.3. The maximum Gasteiger partial charge on any atom is 0.327 e. The van der Waals surface area contributed by atoms with Crippen molar-refractivity contribution in [1.82, 2.24) is 19.5 Å². The summed E-state index contributed by atoms with van der Waals surface area (Å²) >= 11 is 5.85. The maximum atomic E-state index is 14.0. The summed E-state index contributed by atoms with van der Waals surface area (Å²) in [6, 6.07) is 6.33. The van der Waals surface area contributed by atoms with Crippen LogP contribution >= 0.6 is 6.72 Å². The molecule has 47 heavy (non-hydrogen) atoms. The highest BCUT2D eigenvalue weighted by Gasteiger charge is 2.55. The van der Waals surface area contributed by atoms with E-state index in [4.69, 9.17) is 44.7 Å². The summed E-state index contributed by atoms with van der Waals surface area (Å²) in [5.74, 6) is -0.0606. The van der Waals surface area contributed by atoms with Crippen LogP contribution in [0.15, 0.2) is 36.9 Å². The highest BCUT2D eigenvalue weighted by atomic mass is 32.5. The van der Waals surface area contributed by atoms with Gasteiger partial charge in [0.05, 0.1) is 25.6 Å². The molecular weight excluding hydrogens is 677 g/mol. The number of hydrogen-bond acceptors (Lipinski definition) is 11. The number of ether oxygens (including phenoxy) is 1. The number of anilines is 1. The van der Waals surface area contributed by atoms with Crippen molar-refractivity contribution in [2.24, 2.45) is 0 Å². The Balaban J connectivity index is 1.51. The molecule has 0 radical (unpaired) electrons. The van der Waals surface area contributed by atoms with Gasteiger partial charge in [-0.1, -0.05) is 53.7 Å². The Morgan fingerprint density at radius 3 is 2.32 bits per heavy atom. The van der Waals surface area contributed by atoms with E-state index in [1.54, 1.807) is 12.4 Å². The first-order valence-electron chi connectivity index (χ1n) is 16.0. The lowest BCUT2D eigenvalue weighted by atomic mass is 10.1. The predicted octanol–water partition coefficient (Wildman–Crippen LogP) is 7.65. The van der Waals surface area contributed by atoms with Crippen LogP contribution in [0, 0.1) is 5.82 Å². The Bertz CT molecular complexity index is 1630. The lowest BCUT2D eigenvalue weighted by Crippen LogP contribution is -2.54. The first-order valence-corrected chi connectivity index (χ1v) is 24.4. The highest BCUT2D eigenvalue weighted by molar-refractivity contribution is 8.07. The van der Waals surface area contributed by atoms with Crippen LogP contribution in [0.4, 0.5) is 10.2 Å². The van der Waals surface area contributed by atoms with Crippen LogP contribution in [0.1, 0.15) is 65.9 Å². The third kappa shape index (κ3) is 7.74. The summed E-state index contributed by atoms with van der Waals surface area (Å²) in [6.07, 6.45) is 0.813. The van der Waals surface area contributed by atoms with Gasteiger partial charge in [0, 0.05) is 6.42 Å². The van der Waals surface area contributed by atoms with Crippen molar-refractivity contribution in [3.63, 3.8) is 0 Å². The number of fused-ring (bicyclic) bond motifs is 1. The average Bonchev–Trinajstić information content (AvgIpc) is 3.52. The topological polar surface area (TPSA) is 125 Å². The van der Waals surface area contributed by atoms with Crippen molar-refractivity contribution >= 4 is 52.1 Å². The lowest BCUT2D eigenvalue weighted by Gasteiger charge is -2.44. The number of hydrogen-bond donors (Lipinski definition) is 1. The minimum Gasteiger partial charge on any atom is -0.408 e. The van der Waals surface area contributed by atoms with Gasteiger partial charge in [-0.25, -0.2) is 19.3 Å². The van der Waals surface area contributed by atoms with Gasteiger partial charge in [-0.3, -0.25) is 4.57 Å². The molecule has 0 saturated carbocycles. The molecule has 2 fully saturated rings. The summed E-state index contributed by atoms with van der Waals surface area (Å²) in [7, 11) is -4.77. The van der Waals surface area contributed by atoms with Crippen molar-refractivity contribution in [1.29, 1.82) is 0 Å². The molecule has 2 N–H and O–H groups in total. The predicted molar refractivity (Wildman–Crippen MR) is 189 cm³/mol. The van der Waals surface area contributed by atoms with Gasteiger partial charge < -0.3 is 32.9 Å². The molecule has 11 nitrogen and oxygen atoms in total. The minimum absolute atomic E-state index is 0.0318. The van der Waals surface area contributed by atoms with Gasteiger partial charge in [-0.15, -0.1) is 0 Å². The number of nitrogens with zero attached hydrogens (tertiary/aromatic N) is 4. The molecule has 0 aliphatic carbocycles. The van der Waals surface area contributed by atoms with E-state index < -0.39 is 54.0 Å². The molecule has 16 heteroatoms. The Hall–Kier alpha value is -1.66. The molecule has 1 aromatic carbocycles. The van der Waals surface area contributed by atoms with Crippen molar-refractivity contribution in [3.8, 4) is 0 Å². The van der Waals surface area contributed by atoms with Gasteiger partial charge >= 0.3 is 6.72 Å². The first-order chi connectivity index (χ1) is 21.7. The Kier molecular flexibility index (Phi) is 10.3. The Morgan fingerprint density at radius 1 is 1.02 bits per heavy atom. The molecule has 0 bridgehead atoms. The molecule has 0 spiro atoms. The average molecular weight is 726 g/mol. The fourth-order valence-electron chi connectivity index (χ4n) is 5.10. The molecule has 2 saturated heterocycles. The Morgan fingerprint density at radius 2 is 1.68 bits per heavy atom. The fourth-order valence-corrected chi connectivity index (χ4v) is 9.82. The number of imidazole rings is 1. The number of nitrogen functional groups attached to an aromatic ring is 1. The molecule has 260 valence electrons. The van der Waals surface area contributed by atoms with E-state index in [-0.39, 0.29) is 28.3 Å². The van der Waals surface area contributed by atoms with Crippen LogP contribution in [0.25, 0.3) is 11.2 Å². The molecule has 5 rings (SSSR count). The fraction of sp³-hybridized carbons (Fsp3) is 0.645. The molecule has 2 aliphatic heterocycles. The van der Waals surface area contributed by atoms with Crippen LogP contribution in [0.3, 0.4) is 0 Å². The minimum atomic E-state index is -3.23. The van der Waals surface area contributed by atoms with Gasteiger partial charge in [0.2, 0.25) is 0 Å². The van der Waals surface area contributed by atoms with Gasteiger partial charge in [-0.05, 0) is 65.8 Å². The SMILES string of the molecule is CC(C)(C)[Si](C)(C)O[C@@H]1[C@H](O[Si](C)(C)C(C)(C)C)[C@@H](COP2(=S)OCCC(c3cccc(F)c3)O2)O[C@H]1n1cnc2c(N)ncnc21. The molecule has 2 unspecified atom stereocenters. The third-order valence-corrected chi connectivity index (χ3v) is 21.2. The van der Waals surface area contributed by atoms with Crippen molar-refractivity contribution in [2.45, 2.75) is 115 Å². The zero-order valence-electron chi connectivity index (χ0n) is 29.0. The molecule has 2 aliphatic rings. The van der Waals surface area contributed by atoms with Gasteiger partial charge in [0.15, 0.2) is 34.3 Å². The largest absolute Gasteiger partial charge is 0.408 e. The van der Waals surface area contributed by atoms with E-state index in [9.17, 15) is 4.39 Å². The molecular formula is C31H49FN5O6PSSi2. The Labute approximate surface area is 284 Å². The molecule has 4 heterocycles. The van der Waals surface area contributed by atoms with E-state index in [2.05, 4.69) is 82.7 Å². The van der Waals surface area contributed by atoms with E-state index in [1.807, 2.05) is 10.6 Å². The van der Waals surface area contributed by atoms with E-state index in [0.717, 1.165) is 0 Å². The summed E-state index contributed by atoms with van der Waals surface area (Å²) in [5.41, 5.74) is 7.87. The number of aromatic nitrogens is 4. The van der Waals surface area contributed by atoms with Crippen LogP contribution in [0.2, 0.25) is 36.3 Å². The summed E-state index contributed by atoms with van der Waals surface area (Å²) in [5, 5.41) is -0.190. The van der Waals surface area contributed by atoms with E-state index >= 15 is 0 Å². The second-order valence-corrected chi connectivity index (χ2v) is 27.8. The first kappa shape index (κ1) is 36.6. The van der Waals surface area contributed by atoms with Crippen LogP contribution in [0.5, 0.6) is 0 Å². The number of nitrogens with two attached hydrogens (primary N) is 1. The van der Waals surface area contributed by atoms with Crippen LogP contribution in [-0.4, -0.2) is 67.7 Å². The van der Waals surface area contributed by atoms with Gasteiger partial charge in [-0.2, -0.15) is 0 Å². The zero-order valence-corrected chi connectivity index (χ0v) is 32.7. The van der Waals surface area contributed by atoms with Crippen LogP contribution in [-0.2, 0) is 39.0 Å². The number of benzene rings is 1. The quantitative estimate of drug-likeness (QED) is 0.173. The summed E-state index contributed by atoms with van der Waals surface area (Å²) < 4.78 is 55.7. The normalized spacial score (nSPS) is 27.9. The highest BCUT2D eigenvalue weighted by Crippen LogP contribution is 2.58. The van der Waals surface area contributed by atoms with E-state index in [0.29, 0.717) is 29.8 Å². The van der Waals surface area contributed by atoms with E-state index in [1.165, 1.54) is 18.5 Å². The third-order valence-electron chi connectivity index (χ3n) is 9.92. The smallest absolute Gasteiger partial charge is 0.327 e. The number of rotatable bonds is 9. The summed E-state index contributed by atoms with van der Waals surface area (Å²) in [4.78, 5) is 13.2. The van der Waals surface area contributed by atoms with Gasteiger partial charge in [0.25, 0.3) is 0 Å². The molecule has 0 amide bonds. The lowest BCUT2D eigenvalue weighted by molar-refractivity contribution is -0.0515. The van der Waals surface area contributed by atoms with Crippen molar-refractivity contribution in [3.05, 3.63) is 48.3 Å². The second kappa shape index (κ2) is 13.2. The standard InChI is InChI=1S/C31H49FN5O6PSSi2/c1-30(2,3)46(7,8)42-25-23(17-39-44(45)38-15-14-22(41-44)20-12-11-13-21(32)16-20)40-29(26(25)43-47(9,10)31(4,5)6)37-19-36-24-27(33)34-18-35-28(24)37/h11-13,16,18-19,22-23,25-26,29H,14-15,17H2,1-10H3,(H2,33,34,35)/t22?,23-,25-,26-,29-,44?/m1/s1. The maximum absolute atomic E-state index is 14.0. The number of halogens is 1. The monoisotopic (exact) mass is 725 g/mol. The van der Waals surface area contributed by atoms with Crippen molar-refractivity contribution < 1.29 is 31.6 Å².